The largest absolute Gasteiger partial charge is 0.329 e. The summed E-state index contributed by atoms with van der Waals surface area (Å²) < 4.78 is 60.0. The topological polar surface area (TPSA) is 96.0 Å². The zero-order chi connectivity index (χ0) is 23.0. The van der Waals surface area contributed by atoms with Crippen LogP contribution in [0.2, 0.25) is 0 Å². The van der Waals surface area contributed by atoms with Gasteiger partial charge < -0.3 is 14.2 Å². The summed E-state index contributed by atoms with van der Waals surface area (Å²) in [7, 11) is -6.11. The van der Waals surface area contributed by atoms with Gasteiger partial charge >= 0.3 is 0 Å². The van der Waals surface area contributed by atoms with Gasteiger partial charge in [0.2, 0.25) is 0 Å². The summed E-state index contributed by atoms with van der Waals surface area (Å²) in [5.41, 5.74) is 0. The van der Waals surface area contributed by atoms with Crippen molar-refractivity contribution in [2.45, 2.75) is 41.7 Å². The summed E-state index contributed by atoms with van der Waals surface area (Å²) in [6, 6.07) is 17.2. The van der Waals surface area contributed by atoms with Gasteiger partial charge in [0.15, 0.2) is 40.1 Å². The SMILES string of the molecule is C1OCOCO1.CCS(=O)(=O)c1ccccc1.C[C@H]1C[C@]1(C)S(=O)(=O)c1ccccc1. The van der Waals surface area contributed by atoms with Crippen LogP contribution in [0.1, 0.15) is 27.2 Å². The smallest absolute Gasteiger partial charge is 0.184 e. The summed E-state index contributed by atoms with van der Waals surface area (Å²) in [6.45, 7) is 6.59. The van der Waals surface area contributed by atoms with Crippen molar-refractivity contribution in [2.75, 3.05) is 26.1 Å². The van der Waals surface area contributed by atoms with Gasteiger partial charge in [-0.15, -0.1) is 0 Å². The van der Waals surface area contributed by atoms with Crippen molar-refractivity contribution in [3.05, 3.63) is 60.7 Å². The van der Waals surface area contributed by atoms with Gasteiger partial charge in [-0.2, -0.15) is 0 Å². The second kappa shape index (κ2) is 11.2. The van der Waals surface area contributed by atoms with Crippen LogP contribution in [0, 0.1) is 5.92 Å². The predicted molar refractivity (Wildman–Crippen MR) is 118 cm³/mol. The molecule has 1 aliphatic carbocycles. The third-order valence-electron chi connectivity index (χ3n) is 5.24. The van der Waals surface area contributed by atoms with E-state index in [4.69, 9.17) is 0 Å². The maximum Gasteiger partial charge on any atom is 0.184 e. The van der Waals surface area contributed by atoms with E-state index in [1.165, 1.54) is 0 Å². The summed E-state index contributed by atoms with van der Waals surface area (Å²) in [6.07, 6.45) is 0.782. The number of rotatable bonds is 4. The van der Waals surface area contributed by atoms with Gasteiger partial charge in [0.1, 0.15) is 0 Å². The monoisotopic (exact) mass is 470 g/mol. The molecule has 2 aromatic rings. The Morgan fingerprint density at radius 1 is 0.806 bits per heavy atom. The molecule has 0 N–H and O–H groups in total. The molecular formula is C22H30O7S2. The third kappa shape index (κ3) is 6.85. The van der Waals surface area contributed by atoms with Crippen LogP contribution in [0.5, 0.6) is 0 Å². The normalized spacial score (nSPS) is 22.9. The Labute approximate surface area is 185 Å². The number of hydrogen-bond acceptors (Lipinski definition) is 7. The summed E-state index contributed by atoms with van der Waals surface area (Å²) in [5.74, 6) is 0.449. The Morgan fingerprint density at radius 2 is 1.19 bits per heavy atom. The van der Waals surface area contributed by atoms with Gasteiger partial charge in [0, 0.05) is 0 Å². The van der Waals surface area contributed by atoms with E-state index in [1.54, 1.807) is 61.5 Å². The van der Waals surface area contributed by atoms with Crippen LogP contribution in [0.25, 0.3) is 0 Å². The van der Waals surface area contributed by atoms with E-state index in [9.17, 15) is 16.8 Å². The van der Waals surface area contributed by atoms with Crippen LogP contribution in [0.4, 0.5) is 0 Å². The Morgan fingerprint density at radius 3 is 1.52 bits per heavy atom. The molecular weight excluding hydrogens is 440 g/mol. The molecule has 172 valence electrons. The minimum atomic E-state index is -3.11. The average Bonchev–Trinajstić information content (AvgIpc) is 3.45. The number of sulfone groups is 2. The standard InChI is InChI=1S/C11H14O2S.C8H10O2S.C3H6O3/c1-9-8-11(9,2)14(12,13)10-6-4-3-5-7-10;1-2-11(9,10)8-6-4-3-5-7-8;1-4-2-6-3-5-1/h3-7,9H,8H2,1-2H3;3-7H,2H2,1H3;1-3H2/t9-,11-;;/m0../s1. The molecule has 0 aromatic heterocycles. The number of hydrogen-bond donors (Lipinski definition) is 0. The van der Waals surface area contributed by atoms with E-state index in [-0.39, 0.29) is 11.7 Å². The summed E-state index contributed by atoms with van der Waals surface area (Å²) in [5, 5.41) is 0. The lowest BCUT2D eigenvalue weighted by molar-refractivity contribution is -0.247. The molecule has 2 atom stereocenters. The predicted octanol–water partition coefficient (Wildman–Crippen LogP) is 3.66. The molecule has 2 fully saturated rings. The summed E-state index contributed by atoms with van der Waals surface area (Å²) >= 11 is 0. The van der Waals surface area contributed by atoms with Crippen LogP contribution in [0.15, 0.2) is 70.5 Å². The van der Waals surface area contributed by atoms with Crippen LogP contribution in [-0.2, 0) is 33.9 Å². The minimum absolute atomic E-state index is 0.164. The highest BCUT2D eigenvalue weighted by atomic mass is 32.2. The van der Waals surface area contributed by atoms with Gasteiger partial charge in [-0.25, -0.2) is 16.8 Å². The first-order valence-electron chi connectivity index (χ1n) is 9.96. The molecule has 0 amide bonds. The molecule has 31 heavy (non-hydrogen) atoms. The van der Waals surface area contributed by atoms with Crippen LogP contribution in [0.3, 0.4) is 0 Å². The molecule has 9 heteroatoms. The molecule has 2 aliphatic rings. The van der Waals surface area contributed by atoms with Crippen LogP contribution < -0.4 is 0 Å². The molecule has 1 heterocycles. The highest BCUT2D eigenvalue weighted by Gasteiger charge is 2.57. The molecule has 1 aliphatic heterocycles. The Kier molecular flexibility index (Phi) is 9.20. The fourth-order valence-electron chi connectivity index (χ4n) is 2.87. The lowest BCUT2D eigenvalue weighted by atomic mass is 10.4. The maximum absolute atomic E-state index is 12.1. The molecule has 0 bridgehead atoms. The van der Waals surface area contributed by atoms with E-state index in [0.717, 1.165) is 6.42 Å². The van der Waals surface area contributed by atoms with Gasteiger partial charge in [0.05, 0.1) is 20.3 Å². The van der Waals surface area contributed by atoms with E-state index in [0.29, 0.717) is 30.2 Å². The van der Waals surface area contributed by atoms with Crippen molar-refractivity contribution >= 4 is 19.7 Å². The zero-order valence-electron chi connectivity index (χ0n) is 18.1. The fourth-order valence-corrected chi connectivity index (χ4v) is 5.82. The van der Waals surface area contributed by atoms with Gasteiger partial charge in [-0.1, -0.05) is 50.2 Å². The molecule has 0 unspecified atom stereocenters. The Hall–Kier alpha value is -1.78. The van der Waals surface area contributed by atoms with E-state index < -0.39 is 24.4 Å². The minimum Gasteiger partial charge on any atom is -0.329 e. The van der Waals surface area contributed by atoms with Crippen molar-refractivity contribution in [3.63, 3.8) is 0 Å². The maximum atomic E-state index is 12.1. The van der Waals surface area contributed by atoms with Crippen molar-refractivity contribution in [1.82, 2.24) is 0 Å². The fraction of sp³-hybridized carbons (Fsp3) is 0.455. The van der Waals surface area contributed by atoms with E-state index in [2.05, 4.69) is 14.2 Å². The average molecular weight is 471 g/mol. The van der Waals surface area contributed by atoms with Crippen LogP contribution in [-0.4, -0.2) is 47.7 Å². The molecule has 1 saturated carbocycles. The zero-order valence-corrected chi connectivity index (χ0v) is 19.7. The lowest BCUT2D eigenvalue weighted by Crippen LogP contribution is -2.21. The van der Waals surface area contributed by atoms with E-state index in [1.807, 2.05) is 19.9 Å². The summed E-state index contributed by atoms with van der Waals surface area (Å²) in [4.78, 5) is 0.856. The first-order valence-corrected chi connectivity index (χ1v) is 13.1. The molecule has 4 rings (SSSR count). The molecule has 7 nitrogen and oxygen atoms in total. The van der Waals surface area contributed by atoms with Crippen molar-refractivity contribution in [2.24, 2.45) is 5.92 Å². The molecule has 2 aromatic carbocycles. The van der Waals surface area contributed by atoms with E-state index >= 15 is 0 Å². The third-order valence-corrected chi connectivity index (χ3v) is 9.68. The highest BCUT2D eigenvalue weighted by Crippen LogP contribution is 2.51. The van der Waals surface area contributed by atoms with Gasteiger partial charge in [0.25, 0.3) is 0 Å². The number of benzene rings is 2. The second-order valence-electron chi connectivity index (χ2n) is 7.42. The lowest BCUT2D eigenvalue weighted by Gasteiger charge is -2.11. The highest BCUT2D eigenvalue weighted by molar-refractivity contribution is 7.93. The Balaban J connectivity index is 0.000000178. The number of ether oxygens (including phenoxy) is 3. The van der Waals surface area contributed by atoms with Crippen LogP contribution >= 0.6 is 0 Å². The van der Waals surface area contributed by atoms with Gasteiger partial charge in [-0.05, 0) is 43.5 Å². The molecule has 0 radical (unpaired) electrons. The first-order chi connectivity index (χ1) is 14.6. The van der Waals surface area contributed by atoms with Crippen molar-refractivity contribution in [3.8, 4) is 0 Å². The molecule has 1 saturated heterocycles. The molecule has 0 spiro atoms. The Bertz CT molecular complexity index is 991. The van der Waals surface area contributed by atoms with Crippen molar-refractivity contribution < 1.29 is 31.0 Å². The second-order valence-corrected chi connectivity index (χ2v) is 12.1. The first kappa shape index (κ1) is 25.5. The van der Waals surface area contributed by atoms with Crippen molar-refractivity contribution in [1.29, 1.82) is 0 Å². The quantitative estimate of drug-likeness (QED) is 0.673. The van der Waals surface area contributed by atoms with Gasteiger partial charge in [-0.3, -0.25) is 0 Å².